The predicted octanol–water partition coefficient (Wildman–Crippen LogP) is 1.51. The molecular weight excluding hydrogens is 294 g/mol. The first-order chi connectivity index (χ1) is 11.1. The predicted molar refractivity (Wildman–Crippen MR) is 88.6 cm³/mol. The highest BCUT2D eigenvalue weighted by atomic mass is 16.2. The number of carbonyl (C=O) groups is 1. The number of hydrogen-bond acceptors (Lipinski definition) is 5. The third-order valence-corrected chi connectivity index (χ3v) is 3.65. The SMILES string of the molecule is CCN(CC)C(C)CNC(=O)Nc1ccc(-n2cncn2)nc1. The molecular formula is C15H23N7O. The minimum Gasteiger partial charge on any atom is -0.336 e. The number of amides is 2. The number of carbonyl (C=O) groups excluding carboxylic acids is 1. The first-order valence-electron chi connectivity index (χ1n) is 7.74. The van der Waals surface area contributed by atoms with Crippen molar-refractivity contribution in [3.63, 3.8) is 0 Å². The third kappa shape index (κ3) is 4.75. The Kier molecular flexibility index (Phi) is 6.04. The van der Waals surface area contributed by atoms with Gasteiger partial charge in [0, 0.05) is 12.6 Å². The number of urea groups is 1. The first kappa shape index (κ1) is 16.9. The molecule has 0 aliphatic rings. The monoisotopic (exact) mass is 317 g/mol. The maximum atomic E-state index is 11.9. The van der Waals surface area contributed by atoms with Gasteiger partial charge in [-0.1, -0.05) is 13.8 Å². The Morgan fingerprint density at radius 2 is 2.13 bits per heavy atom. The molecule has 0 spiro atoms. The van der Waals surface area contributed by atoms with Crippen molar-refractivity contribution in [2.24, 2.45) is 0 Å². The van der Waals surface area contributed by atoms with Crippen molar-refractivity contribution < 1.29 is 4.79 Å². The van der Waals surface area contributed by atoms with Gasteiger partial charge in [-0.05, 0) is 32.1 Å². The lowest BCUT2D eigenvalue weighted by molar-refractivity contribution is 0.220. The van der Waals surface area contributed by atoms with Crippen LogP contribution in [0.2, 0.25) is 0 Å². The summed E-state index contributed by atoms with van der Waals surface area (Å²) in [6.07, 6.45) is 4.60. The second-order valence-electron chi connectivity index (χ2n) is 5.15. The third-order valence-electron chi connectivity index (χ3n) is 3.65. The largest absolute Gasteiger partial charge is 0.336 e. The molecule has 0 aromatic carbocycles. The quantitative estimate of drug-likeness (QED) is 0.808. The van der Waals surface area contributed by atoms with E-state index in [4.69, 9.17) is 0 Å². The van der Waals surface area contributed by atoms with Crippen LogP contribution in [0.15, 0.2) is 31.0 Å². The van der Waals surface area contributed by atoms with E-state index in [2.05, 4.69) is 51.4 Å². The van der Waals surface area contributed by atoms with Gasteiger partial charge in [-0.25, -0.2) is 19.4 Å². The second-order valence-corrected chi connectivity index (χ2v) is 5.15. The van der Waals surface area contributed by atoms with Gasteiger partial charge in [0.1, 0.15) is 12.7 Å². The second kappa shape index (κ2) is 8.23. The van der Waals surface area contributed by atoms with Crippen LogP contribution in [0, 0.1) is 0 Å². The Labute approximate surface area is 135 Å². The van der Waals surface area contributed by atoms with E-state index >= 15 is 0 Å². The van der Waals surface area contributed by atoms with Gasteiger partial charge in [-0.2, -0.15) is 5.10 Å². The van der Waals surface area contributed by atoms with E-state index in [1.807, 2.05) is 0 Å². The molecule has 2 N–H and O–H groups in total. The molecule has 124 valence electrons. The lowest BCUT2D eigenvalue weighted by Gasteiger charge is -2.26. The summed E-state index contributed by atoms with van der Waals surface area (Å²) in [5.74, 6) is 0.642. The Morgan fingerprint density at radius 3 is 2.70 bits per heavy atom. The number of nitrogens with one attached hydrogen (secondary N) is 2. The summed E-state index contributed by atoms with van der Waals surface area (Å²) in [6, 6.07) is 3.60. The molecule has 2 amide bonds. The molecule has 8 heteroatoms. The number of pyridine rings is 1. The Bertz CT molecular complexity index is 593. The number of anilines is 1. The van der Waals surface area contributed by atoms with Gasteiger partial charge in [-0.3, -0.25) is 4.90 Å². The van der Waals surface area contributed by atoms with Crippen molar-refractivity contribution in [3.8, 4) is 5.82 Å². The van der Waals surface area contributed by atoms with Crippen molar-refractivity contribution in [1.82, 2.24) is 30.0 Å². The Morgan fingerprint density at radius 1 is 1.35 bits per heavy atom. The van der Waals surface area contributed by atoms with E-state index in [1.165, 1.54) is 6.33 Å². The van der Waals surface area contributed by atoms with E-state index < -0.39 is 0 Å². The zero-order valence-electron chi connectivity index (χ0n) is 13.7. The van der Waals surface area contributed by atoms with Gasteiger partial charge in [-0.15, -0.1) is 0 Å². The smallest absolute Gasteiger partial charge is 0.319 e. The van der Waals surface area contributed by atoms with E-state index in [0.717, 1.165) is 13.1 Å². The summed E-state index contributed by atoms with van der Waals surface area (Å²) >= 11 is 0. The van der Waals surface area contributed by atoms with Crippen LogP contribution in [0.25, 0.3) is 5.82 Å². The summed E-state index contributed by atoms with van der Waals surface area (Å²) in [5, 5.41) is 9.64. The molecule has 2 rings (SSSR count). The molecule has 1 atom stereocenters. The summed E-state index contributed by atoms with van der Waals surface area (Å²) < 4.78 is 1.55. The maximum absolute atomic E-state index is 11.9. The van der Waals surface area contributed by atoms with Crippen LogP contribution in [-0.2, 0) is 0 Å². The molecule has 0 aliphatic carbocycles. The number of hydrogen-bond donors (Lipinski definition) is 2. The number of likely N-dealkylation sites (N-methyl/N-ethyl adjacent to an activating group) is 1. The zero-order valence-corrected chi connectivity index (χ0v) is 13.7. The molecule has 2 aromatic heterocycles. The summed E-state index contributed by atoms with van der Waals surface area (Å²) in [6.45, 7) is 8.85. The summed E-state index contributed by atoms with van der Waals surface area (Å²) in [7, 11) is 0. The van der Waals surface area contributed by atoms with Crippen LogP contribution in [0.1, 0.15) is 20.8 Å². The van der Waals surface area contributed by atoms with Crippen LogP contribution in [-0.4, -0.2) is 56.4 Å². The average molecular weight is 317 g/mol. The van der Waals surface area contributed by atoms with E-state index in [0.29, 0.717) is 24.1 Å². The molecule has 0 fully saturated rings. The van der Waals surface area contributed by atoms with Crippen molar-refractivity contribution in [2.75, 3.05) is 25.0 Å². The van der Waals surface area contributed by atoms with Gasteiger partial charge in [0.2, 0.25) is 0 Å². The first-order valence-corrected chi connectivity index (χ1v) is 7.74. The topological polar surface area (TPSA) is 88.0 Å². The molecule has 8 nitrogen and oxygen atoms in total. The molecule has 0 saturated carbocycles. The highest BCUT2D eigenvalue weighted by Gasteiger charge is 2.11. The van der Waals surface area contributed by atoms with Gasteiger partial charge < -0.3 is 10.6 Å². The molecule has 23 heavy (non-hydrogen) atoms. The number of rotatable bonds is 7. The molecule has 0 bridgehead atoms. The van der Waals surface area contributed by atoms with E-state index in [1.54, 1.807) is 29.3 Å². The molecule has 0 radical (unpaired) electrons. The summed E-state index contributed by atoms with van der Waals surface area (Å²) in [5.41, 5.74) is 0.627. The Balaban J connectivity index is 1.83. The van der Waals surface area contributed by atoms with Gasteiger partial charge >= 0.3 is 6.03 Å². The molecule has 1 unspecified atom stereocenters. The van der Waals surface area contributed by atoms with Crippen molar-refractivity contribution >= 4 is 11.7 Å². The summed E-state index contributed by atoms with van der Waals surface area (Å²) in [4.78, 5) is 22.3. The number of aromatic nitrogens is 4. The highest BCUT2D eigenvalue weighted by Crippen LogP contribution is 2.08. The number of nitrogens with zero attached hydrogens (tertiary/aromatic N) is 5. The van der Waals surface area contributed by atoms with Gasteiger partial charge in [0.25, 0.3) is 0 Å². The standard InChI is InChI=1S/C15H23N7O/c1-4-21(5-2)12(3)8-18-15(23)20-13-6-7-14(17-9-13)22-11-16-10-19-22/h6-7,9-12H,4-5,8H2,1-3H3,(H2,18,20,23). The lowest BCUT2D eigenvalue weighted by atomic mass is 10.3. The fourth-order valence-electron chi connectivity index (χ4n) is 2.31. The minimum atomic E-state index is -0.237. The maximum Gasteiger partial charge on any atom is 0.319 e. The van der Waals surface area contributed by atoms with Crippen molar-refractivity contribution in [2.45, 2.75) is 26.8 Å². The molecule has 2 aromatic rings. The molecule has 2 heterocycles. The normalized spacial score (nSPS) is 12.2. The molecule has 0 aliphatic heterocycles. The van der Waals surface area contributed by atoms with E-state index in [-0.39, 0.29) is 6.03 Å². The van der Waals surface area contributed by atoms with Crippen LogP contribution >= 0.6 is 0 Å². The minimum absolute atomic E-state index is 0.237. The van der Waals surface area contributed by atoms with Gasteiger partial charge in [0.05, 0.1) is 11.9 Å². The molecule has 0 saturated heterocycles. The van der Waals surface area contributed by atoms with Gasteiger partial charge in [0.15, 0.2) is 5.82 Å². The Hall–Kier alpha value is -2.48. The van der Waals surface area contributed by atoms with Crippen LogP contribution < -0.4 is 10.6 Å². The zero-order chi connectivity index (χ0) is 16.7. The highest BCUT2D eigenvalue weighted by molar-refractivity contribution is 5.89. The van der Waals surface area contributed by atoms with Crippen LogP contribution in [0.5, 0.6) is 0 Å². The average Bonchev–Trinajstić information content (AvgIpc) is 3.09. The lowest BCUT2D eigenvalue weighted by Crippen LogP contribution is -2.43. The fourth-order valence-corrected chi connectivity index (χ4v) is 2.31. The fraction of sp³-hybridized carbons (Fsp3) is 0.467. The van der Waals surface area contributed by atoms with E-state index in [9.17, 15) is 4.79 Å². The van der Waals surface area contributed by atoms with Crippen LogP contribution in [0.4, 0.5) is 10.5 Å². The van der Waals surface area contributed by atoms with Crippen LogP contribution in [0.3, 0.4) is 0 Å². The van der Waals surface area contributed by atoms with Crippen molar-refractivity contribution in [3.05, 3.63) is 31.0 Å². The van der Waals surface area contributed by atoms with Crippen molar-refractivity contribution in [1.29, 1.82) is 0 Å².